The van der Waals surface area contributed by atoms with E-state index in [9.17, 15) is 0 Å². The molecule has 0 unspecified atom stereocenters. The summed E-state index contributed by atoms with van der Waals surface area (Å²) in [7, 11) is 3.19. The minimum absolute atomic E-state index is 0.529. The molecule has 0 spiro atoms. The van der Waals surface area contributed by atoms with Gasteiger partial charge in [-0.2, -0.15) is 0 Å². The third-order valence-electron chi connectivity index (χ3n) is 3.37. The quantitative estimate of drug-likeness (QED) is 0.734. The van der Waals surface area contributed by atoms with Crippen molar-refractivity contribution in [1.82, 2.24) is 9.38 Å². The predicted molar refractivity (Wildman–Crippen MR) is 83.5 cm³/mol. The molecular formula is C16H15ClN2O2. The van der Waals surface area contributed by atoms with Crippen LogP contribution in [-0.2, 0) is 0 Å². The number of rotatable bonds is 3. The van der Waals surface area contributed by atoms with Gasteiger partial charge in [-0.25, -0.2) is 4.98 Å². The molecule has 108 valence electrons. The summed E-state index contributed by atoms with van der Waals surface area (Å²) in [5.74, 6) is 1.26. The topological polar surface area (TPSA) is 35.8 Å². The summed E-state index contributed by atoms with van der Waals surface area (Å²) in [5.41, 5.74) is 3.70. The number of halogens is 1. The average Bonchev–Trinajstić information content (AvgIpc) is 2.89. The fraction of sp³-hybridized carbons (Fsp3) is 0.188. The van der Waals surface area contributed by atoms with Crippen molar-refractivity contribution < 1.29 is 9.47 Å². The summed E-state index contributed by atoms with van der Waals surface area (Å²) in [6.07, 6.45) is 3.94. The first-order valence-electron chi connectivity index (χ1n) is 6.49. The lowest BCUT2D eigenvalue weighted by molar-refractivity contribution is 0.395. The molecule has 0 fully saturated rings. The fourth-order valence-corrected chi connectivity index (χ4v) is 2.51. The van der Waals surface area contributed by atoms with Gasteiger partial charge in [-0.1, -0.05) is 11.6 Å². The van der Waals surface area contributed by atoms with Gasteiger partial charge in [0.1, 0.15) is 17.1 Å². The minimum Gasteiger partial charge on any atom is -0.496 e. The first-order valence-corrected chi connectivity index (χ1v) is 6.87. The first-order chi connectivity index (χ1) is 10.1. The monoisotopic (exact) mass is 302 g/mol. The Kier molecular flexibility index (Phi) is 3.47. The molecule has 0 amide bonds. The number of benzene rings is 1. The number of imidazole rings is 1. The van der Waals surface area contributed by atoms with Crippen LogP contribution in [0.2, 0.25) is 5.02 Å². The van der Waals surface area contributed by atoms with E-state index in [-0.39, 0.29) is 0 Å². The van der Waals surface area contributed by atoms with Crippen molar-refractivity contribution in [3.63, 3.8) is 0 Å². The molecule has 4 nitrogen and oxygen atoms in total. The van der Waals surface area contributed by atoms with Crippen molar-refractivity contribution >= 4 is 17.2 Å². The van der Waals surface area contributed by atoms with Gasteiger partial charge in [0.2, 0.25) is 0 Å². The van der Waals surface area contributed by atoms with E-state index < -0.39 is 0 Å². The average molecular weight is 303 g/mol. The van der Waals surface area contributed by atoms with E-state index in [4.69, 9.17) is 21.1 Å². The number of aryl methyl sites for hydroxylation is 1. The lowest BCUT2D eigenvalue weighted by Gasteiger charge is -2.10. The fourth-order valence-electron chi connectivity index (χ4n) is 2.27. The van der Waals surface area contributed by atoms with Crippen LogP contribution in [0.15, 0.2) is 36.7 Å². The van der Waals surface area contributed by atoms with Gasteiger partial charge in [0.15, 0.2) is 0 Å². The molecule has 21 heavy (non-hydrogen) atoms. The van der Waals surface area contributed by atoms with E-state index in [1.54, 1.807) is 20.3 Å². The molecule has 2 aromatic heterocycles. The van der Waals surface area contributed by atoms with Gasteiger partial charge in [-0.3, -0.25) is 0 Å². The van der Waals surface area contributed by atoms with Crippen LogP contribution in [0, 0.1) is 6.92 Å². The van der Waals surface area contributed by atoms with Crippen molar-refractivity contribution in [3.8, 4) is 22.8 Å². The van der Waals surface area contributed by atoms with Crippen LogP contribution in [0.5, 0.6) is 11.5 Å². The number of pyridine rings is 1. The highest BCUT2D eigenvalue weighted by atomic mass is 35.5. The SMILES string of the molecule is COc1cc(OC)c(-c2cn3ccc(C)cc3n2)cc1Cl. The van der Waals surface area contributed by atoms with Gasteiger partial charge < -0.3 is 13.9 Å². The smallest absolute Gasteiger partial charge is 0.141 e. The van der Waals surface area contributed by atoms with E-state index in [2.05, 4.69) is 4.98 Å². The van der Waals surface area contributed by atoms with Crippen LogP contribution < -0.4 is 9.47 Å². The first kappa shape index (κ1) is 13.8. The molecule has 0 aliphatic heterocycles. The molecule has 0 N–H and O–H groups in total. The van der Waals surface area contributed by atoms with Crippen LogP contribution >= 0.6 is 11.6 Å². The normalized spacial score (nSPS) is 10.9. The number of ether oxygens (including phenoxy) is 2. The Morgan fingerprint density at radius 1 is 1.10 bits per heavy atom. The third-order valence-corrected chi connectivity index (χ3v) is 3.66. The maximum Gasteiger partial charge on any atom is 0.141 e. The number of fused-ring (bicyclic) bond motifs is 1. The van der Waals surface area contributed by atoms with Gasteiger partial charge in [-0.05, 0) is 30.7 Å². The van der Waals surface area contributed by atoms with Gasteiger partial charge in [0.05, 0.1) is 24.9 Å². The largest absolute Gasteiger partial charge is 0.496 e. The van der Waals surface area contributed by atoms with Crippen LogP contribution in [0.25, 0.3) is 16.9 Å². The Bertz CT molecular complexity index is 811. The zero-order chi connectivity index (χ0) is 15.0. The summed E-state index contributed by atoms with van der Waals surface area (Å²) in [6.45, 7) is 2.04. The van der Waals surface area contributed by atoms with Gasteiger partial charge in [0.25, 0.3) is 0 Å². The van der Waals surface area contributed by atoms with Crippen LogP contribution in [0.4, 0.5) is 0 Å². The van der Waals surface area contributed by atoms with E-state index in [1.807, 2.05) is 41.9 Å². The number of hydrogen-bond acceptors (Lipinski definition) is 3. The van der Waals surface area contributed by atoms with Crippen molar-refractivity contribution in [2.45, 2.75) is 6.92 Å². The highest BCUT2D eigenvalue weighted by Gasteiger charge is 2.14. The van der Waals surface area contributed by atoms with Gasteiger partial charge >= 0.3 is 0 Å². The molecule has 0 saturated carbocycles. The second-order valence-corrected chi connectivity index (χ2v) is 5.19. The summed E-state index contributed by atoms with van der Waals surface area (Å²) >= 11 is 6.22. The molecule has 0 aliphatic rings. The van der Waals surface area contributed by atoms with E-state index in [0.717, 1.165) is 16.9 Å². The maximum absolute atomic E-state index is 6.22. The number of nitrogens with zero attached hydrogens (tertiary/aromatic N) is 2. The summed E-state index contributed by atoms with van der Waals surface area (Å²) < 4.78 is 12.6. The number of aromatic nitrogens is 2. The zero-order valence-electron chi connectivity index (χ0n) is 12.1. The standard InChI is InChI=1S/C16H15ClN2O2/c1-10-4-5-19-9-13(18-16(19)6-10)11-7-12(17)15(21-3)8-14(11)20-2/h4-9H,1-3H3. The molecule has 0 atom stereocenters. The molecule has 0 bridgehead atoms. The summed E-state index contributed by atoms with van der Waals surface area (Å²) in [4.78, 5) is 4.63. The molecule has 2 heterocycles. The highest BCUT2D eigenvalue weighted by Crippen LogP contribution is 2.38. The second-order valence-electron chi connectivity index (χ2n) is 4.78. The number of methoxy groups -OCH3 is 2. The van der Waals surface area contributed by atoms with E-state index in [1.165, 1.54) is 5.56 Å². The lowest BCUT2D eigenvalue weighted by atomic mass is 10.1. The van der Waals surface area contributed by atoms with E-state index in [0.29, 0.717) is 16.5 Å². The van der Waals surface area contributed by atoms with Crippen LogP contribution in [0.1, 0.15) is 5.56 Å². The van der Waals surface area contributed by atoms with Gasteiger partial charge in [-0.15, -0.1) is 0 Å². The molecule has 5 heteroatoms. The Balaban J connectivity index is 2.19. The molecule has 3 aromatic rings. The van der Waals surface area contributed by atoms with Crippen molar-refractivity contribution in [2.24, 2.45) is 0 Å². The minimum atomic E-state index is 0.529. The Morgan fingerprint density at radius 2 is 1.86 bits per heavy atom. The highest BCUT2D eigenvalue weighted by molar-refractivity contribution is 6.32. The second kappa shape index (κ2) is 5.30. The summed E-state index contributed by atoms with van der Waals surface area (Å²) in [6, 6.07) is 7.65. The number of hydrogen-bond donors (Lipinski definition) is 0. The lowest BCUT2D eigenvalue weighted by Crippen LogP contribution is -1.91. The van der Waals surface area contributed by atoms with Crippen LogP contribution in [0.3, 0.4) is 0 Å². The summed E-state index contributed by atoms with van der Waals surface area (Å²) in [5, 5.41) is 0.529. The molecule has 0 radical (unpaired) electrons. The molecular weight excluding hydrogens is 288 g/mol. The van der Waals surface area contributed by atoms with Crippen molar-refractivity contribution in [3.05, 3.63) is 47.2 Å². The maximum atomic E-state index is 6.22. The molecule has 0 aliphatic carbocycles. The van der Waals surface area contributed by atoms with E-state index >= 15 is 0 Å². The molecule has 0 saturated heterocycles. The Labute approximate surface area is 127 Å². The van der Waals surface area contributed by atoms with Gasteiger partial charge in [0, 0.05) is 24.0 Å². The third kappa shape index (κ3) is 2.43. The predicted octanol–water partition coefficient (Wildman–Crippen LogP) is 3.98. The Hall–Kier alpha value is -2.20. The molecule has 1 aromatic carbocycles. The van der Waals surface area contributed by atoms with Crippen molar-refractivity contribution in [1.29, 1.82) is 0 Å². The molecule has 3 rings (SSSR count). The zero-order valence-corrected chi connectivity index (χ0v) is 12.8. The van der Waals surface area contributed by atoms with Crippen LogP contribution in [-0.4, -0.2) is 23.6 Å². The Morgan fingerprint density at radius 3 is 2.57 bits per heavy atom. The van der Waals surface area contributed by atoms with Crippen molar-refractivity contribution in [2.75, 3.05) is 14.2 Å².